The molecule has 7 fully saturated rings. The van der Waals surface area contributed by atoms with Crippen LogP contribution in [0, 0.1) is 40.4 Å². The zero-order valence-electron chi connectivity index (χ0n) is 44.8. The number of hydrogen-bond donors (Lipinski definition) is 12. The van der Waals surface area contributed by atoms with Crippen molar-refractivity contribution in [1.82, 2.24) is 0 Å². The van der Waals surface area contributed by atoms with E-state index in [0.29, 0.717) is 49.4 Å². The van der Waals surface area contributed by atoms with Crippen molar-refractivity contribution < 1.29 is 109 Å². The van der Waals surface area contributed by atoms with Gasteiger partial charge in [-0.25, -0.2) is 0 Å². The van der Waals surface area contributed by atoms with E-state index in [1.54, 1.807) is 7.11 Å². The highest BCUT2D eigenvalue weighted by atomic mass is 16.8. The first-order valence-electron chi connectivity index (χ1n) is 27.6. The zero-order chi connectivity index (χ0) is 54.6. The van der Waals surface area contributed by atoms with Gasteiger partial charge in [0.2, 0.25) is 0 Å². The molecule has 8 unspecified atom stereocenters. The van der Waals surface area contributed by atoms with Crippen molar-refractivity contribution in [2.45, 2.75) is 253 Å². The predicted molar refractivity (Wildman–Crippen MR) is 260 cm³/mol. The molecule has 0 aromatic heterocycles. The molecule has 3 saturated carbocycles. The number of methoxy groups -OCH3 is 1. The molecule has 0 aromatic rings. The van der Waals surface area contributed by atoms with Crippen LogP contribution in [0.3, 0.4) is 0 Å². The minimum Gasteiger partial charge on any atom is -0.394 e. The maximum atomic E-state index is 12.1. The highest BCUT2D eigenvalue weighted by Gasteiger charge is 2.62. The van der Waals surface area contributed by atoms with Crippen molar-refractivity contribution in [2.75, 3.05) is 26.9 Å². The van der Waals surface area contributed by atoms with Gasteiger partial charge in [0.05, 0.1) is 44.2 Å². The molecule has 4 heterocycles. The second kappa shape index (κ2) is 24.1. The van der Waals surface area contributed by atoms with Gasteiger partial charge in [0.1, 0.15) is 85.5 Å². The normalized spacial score (nSPS) is 51.5. The number of fused-ring (bicyclic) bond motifs is 5. The minimum atomic E-state index is -1.75. The van der Waals surface area contributed by atoms with Gasteiger partial charge in [-0.2, -0.15) is 0 Å². The Hall–Kier alpha value is -1.14. The first-order valence-corrected chi connectivity index (χ1v) is 27.6. The van der Waals surface area contributed by atoms with E-state index in [2.05, 4.69) is 26.8 Å². The van der Waals surface area contributed by atoms with Crippen LogP contribution in [0.5, 0.6) is 0 Å². The third-order valence-corrected chi connectivity index (χ3v) is 19.4. The summed E-state index contributed by atoms with van der Waals surface area (Å²) in [6.07, 6.45) is -18.7. The molecule has 0 aromatic carbocycles. The molecule has 434 valence electrons. The lowest BCUT2D eigenvalue weighted by atomic mass is 9.47. The number of ether oxygens (including phenoxy) is 10. The lowest BCUT2D eigenvalue weighted by Gasteiger charge is -2.58. The van der Waals surface area contributed by atoms with E-state index < -0.39 is 148 Å². The number of aliphatic hydroxyl groups is 12. The highest BCUT2D eigenvalue weighted by molar-refractivity contribution is 5.26. The van der Waals surface area contributed by atoms with Gasteiger partial charge >= 0.3 is 0 Å². The van der Waals surface area contributed by atoms with Crippen molar-refractivity contribution in [3.05, 3.63) is 11.6 Å². The fourth-order valence-corrected chi connectivity index (χ4v) is 14.5. The quantitative estimate of drug-likeness (QED) is 0.0606. The molecule has 4 aliphatic heterocycles. The number of allylic oxidation sites excluding steroid dienone is 1. The van der Waals surface area contributed by atoms with Crippen LogP contribution in [-0.2, 0) is 47.4 Å². The molecule has 22 heteroatoms. The summed E-state index contributed by atoms with van der Waals surface area (Å²) < 4.78 is 61.3. The van der Waals surface area contributed by atoms with Gasteiger partial charge in [0, 0.05) is 13.5 Å². The Kier molecular flexibility index (Phi) is 19.3. The molecule has 8 aliphatic rings. The third kappa shape index (κ3) is 11.7. The van der Waals surface area contributed by atoms with Gasteiger partial charge in [-0.3, -0.25) is 0 Å². The molecule has 12 N–H and O–H groups in total. The topological polar surface area (TPSA) is 335 Å². The Balaban J connectivity index is 0.930. The summed E-state index contributed by atoms with van der Waals surface area (Å²) in [6, 6.07) is 0. The van der Waals surface area contributed by atoms with Crippen molar-refractivity contribution in [1.29, 1.82) is 0 Å². The summed E-state index contributed by atoms with van der Waals surface area (Å²) in [5.41, 5.74) is 1.20. The molecule has 75 heavy (non-hydrogen) atoms. The van der Waals surface area contributed by atoms with E-state index in [-0.39, 0.29) is 29.5 Å². The van der Waals surface area contributed by atoms with Crippen LogP contribution in [0.15, 0.2) is 11.6 Å². The van der Waals surface area contributed by atoms with Crippen LogP contribution < -0.4 is 0 Å². The van der Waals surface area contributed by atoms with Gasteiger partial charge in [-0.05, 0) is 113 Å². The third-order valence-electron chi connectivity index (χ3n) is 19.4. The Morgan fingerprint density at radius 1 is 0.680 bits per heavy atom. The van der Waals surface area contributed by atoms with Crippen molar-refractivity contribution >= 4 is 0 Å². The van der Waals surface area contributed by atoms with Gasteiger partial charge in [-0.15, -0.1) is 0 Å². The Morgan fingerprint density at radius 2 is 1.27 bits per heavy atom. The lowest BCUT2D eigenvalue weighted by Crippen LogP contribution is -2.66. The minimum absolute atomic E-state index is 0.0116. The maximum absolute atomic E-state index is 12.1. The van der Waals surface area contributed by atoms with Crippen molar-refractivity contribution in [3.63, 3.8) is 0 Å². The molecule has 8 rings (SSSR count). The number of aliphatic hydroxyl groups excluding tert-OH is 12. The largest absolute Gasteiger partial charge is 0.394 e. The van der Waals surface area contributed by atoms with Gasteiger partial charge in [0.15, 0.2) is 30.9 Å². The monoisotopic (exact) mass is 1080 g/mol. The molecule has 0 amide bonds. The summed E-state index contributed by atoms with van der Waals surface area (Å²) in [7, 11) is 1.67. The van der Waals surface area contributed by atoms with Gasteiger partial charge in [-0.1, -0.05) is 45.8 Å². The molecule has 22 nitrogen and oxygen atoms in total. The summed E-state index contributed by atoms with van der Waals surface area (Å²) in [6.45, 7) is 13.0. The van der Waals surface area contributed by atoms with E-state index >= 15 is 0 Å². The molecule has 4 saturated heterocycles. The van der Waals surface area contributed by atoms with Crippen LogP contribution in [0.25, 0.3) is 0 Å². The highest BCUT2D eigenvalue weighted by Crippen LogP contribution is 2.67. The molecule has 0 radical (unpaired) electrons. The standard InChI is InChI=1S/C53H90O22/c1-9-29-32(75-53(7,66-8)17-12-23(2)22-67-47-41(62)40(61)37(58)33(20-54)71-47)19-31-28-11-10-26-18-27(13-15-51(26,5)30(28)14-16-52(29,31)6)70-50-46(74-49-43(64)39(60)36(57)25(4)69-49)44(65)45(34(21-55)72-50)73-48-42(63)38(59)35(56)24(3)68-48/h10,23-25,27-50,54-65H,9,11-22H2,1-8H3/t23-,24?,25?,27+,28-,29+,30+,31+,32+,33?,34?,35+,36+,37-,38?,39?,40+,41?,42+,43+,44+,45-,46?,47-,48+,49+,50-,51+,52-,53+/m1/s1. The first-order chi connectivity index (χ1) is 35.4. The maximum Gasteiger partial charge on any atom is 0.187 e. The van der Waals surface area contributed by atoms with Crippen LogP contribution in [0.1, 0.15) is 113 Å². The number of hydrogen-bond acceptors (Lipinski definition) is 22. The summed E-state index contributed by atoms with van der Waals surface area (Å²) in [4.78, 5) is 0. The molecule has 4 aliphatic carbocycles. The average molecular weight is 1080 g/mol. The van der Waals surface area contributed by atoms with Crippen LogP contribution in [0.4, 0.5) is 0 Å². The molecule has 0 bridgehead atoms. The van der Waals surface area contributed by atoms with Crippen molar-refractivity contribution in [2.24, 2.45) is 40.4 Å². The molecule has 30 atom stereocenters. The Morgan fingerprint density at radius 3 is 1.87 bits per heavy atom. The molecule has 0 spiro atoms. The van der Waals surface area contributed by atoms with Gasteiger partial charge in [0.25, 0.3) is 0 Å². The fraction of sp³-hybridized carbons (Fsp3) is 0.962. The zero-order valence-corrected chi connectivity index (χ0v) is 44.8. The Labute approximate surface area is 440 Å². The molecular weight excluding hydrogens is 989 g/mol. The van der Waals surface area contributed by atoms with Crippen molar-refractivity contribution in [3.8, 4) is 0 Å². The van der Waals surface area contributed by atoms with Crippen LogP contribution in [-0.4, -0.2) is 229 Å². The first kappa shape index (κ1) is 60.0. The second-order valence-corrected chi connectivity index (χ2v) is 24.0. The van der Waals surface area contributed by atoms with E-state index in [1.807, 2.05) is 13.8 Å². The van der Waals surface area contributed by atoms with E-state index in [4.69, 9.17) is 47.4 Å². The second-order valence-electron chi connectivity index (χ2n) is 24.0. The van der Waals surface area contributed by atoms with E-state index in [9.17, 15) is 61.3 Å². The summed E-state index contributed by atoms with van der Waals surface area (Å²) >= 11 is 0. The van der Waals surface area contributed by atoms with Gasteiger partial charge < -0.3 is 109 Å². The summed E-state index contributed by atoms with van der Waals surface area (Å²) in [5.74, 6) is 0.628. The average Bonchev–Trinajstić information content (AvgIpc) is 3.68. The lowest BCUT2D eigenvalue weighted by molar-refractivity contribution is -0.388. The SMILES string of the molecule is CC[C@H]1[C@@H](O[C@@](C)(CC[C@@H](C)CO[C@@H]2OC(CO)[C@@H](O)[C@H](O)C2O)OC)C[C@H]2[C@@H]3CC=C4C[C@@H](O[C@@H]5OC(CO)[C@@H](O[C@@H]6OC(C)[C@H](O)C(O)[C@@H]6O)[C@H](O)C5O[C@@H]5OC(C)[C@H](O)C(O)[C@@H]5O)CC[C@]4(C)[C@H]3CC[C@@]21C. The van der Waals surface area contributed by atoms with E-state index in [1.165, 1.54) is 19.4 Å². The fourth-order valence-electron chi connectivity index (χ4n) is 14.5. The van der Waals surface area contributed by atoms with Crippen LogP contribution >= 0.6 is 0 Å². The van der Waals surface area contributed by atoms with E-state index in [0.717, 1.165) is 38.5 Å². The smallest absolute Gasteiger partial charge is 0.187 e. The number of rotatable bonds is 18. The Bertz CT molecular complexity index is 1880. The van der Waals surface area contributed by atoms with Crippen LogP contribution in [0.2, 0.25) is 0 Å². The molecular formula is C53H90O22. The summed E-state index contributed by atoms with van der Waals surface area (Å²) in [5, 5.41) is 127. The predicted octanol–water partition coefficient (Wildman–Crippen LogP) is -0.545.